The van der Waals surface area contributed by atoms with E-state index in [0.29, 0.717) is 23.4 Å². The molecule has 4 N–H and O–H groups in total. The van der Waals surface area contributed by atoms with Gasteiger partial charge >= 0.3 is 5.97 Å². The van der Waals surface area contributed by atoms with Gasteiger partial charge in [-0.3, -0.25) is 0 Å². The lowest BCUT2D eigenvalue weighted by molar-refractivity contribution is 0.0696. The number of carboxylic acids is 1. The normalized spacial score (nSPS) is 11.3. The summed E-state index contributed by atoms with van der Waals surface area (Å²) in [7, 11) is -4.15. The van der Waals surface area contributed by atoms with Crippen LogP contribution in [0.25, 0.3) is 11.1 Å². The summed E-state index contributed by atoms with van der Waals surface area (Å²) in [6, 6.07) is 13.0. The molecule has 0 bridgehead atoms. The summed E-state index contributed by atoms with van der Waals surface area (Å²) in [5.74, 6) is -1.25. The van der Waals surface area contributed by atoms with Crippen molar-refractivity contribution >= 4 is 21.7 Å². The minimum atomic E-state index is -4.15. The molecule has 8 heteroatoms. The highest BCUT2D eigenvalue weighted by Crippen LogP contribution is 2.35. The average Bonchev–Trinajstić information content (AvgIpc) is 3.12. The number of nitrogens with two attached hydrogens (primary N) is 1. The minimum absolute atomic E-state index is 0.177. The van der Waals surface area contributed by atoms with Gasteiger partial charge < -0.3 is 14.8 Å². The lowest BCUT2D eigenvalue weighted by atomic mass is 10.0. The van der Waals surface area contributed by atoms with Crippen LogP contribution in [-0.4, -0.2) is 19.5 Å². The molecule has 2 aromatic carbocycles. The Balaban J connectivity index is 2.21. The van der Waals surface area contributed by atoms with E-state index in [2.05, 4.69) is 5.32 Å². The fourth-order valence-electron chi connectivity index (χ4n) is 2.60. The molecule has 1 heterocycles. The Labute approximate surface area is 150 Å². The molecule has 3 aromatic rings. The molecule has 0 aliphatic heterocycles. The molecule has 0 aliphatic carbocycles. The highest BCUT2D eigenvalue weighted by molar-refractivity contribution is 7.89. The van der Waals surface area contributed by atoms with Crippen LogP contribution in [0.5, 0.6) is 0 Å². The number of anilines is 1. The van der Waals surface area contributed by atoms with Crippen molar-refractivity contribution in [2.75, 3.05) is 5.32 Å². The predicted molar refractivity (Wildman–Crippen MR) is 96.2 cm³/mol. The third-order valence-corrected chi connectivity index (χ3v) is 4.72. The highest BCUT2D eigenvalue weighted by Gasteiger charge is 2.22. The molecule has 0 aliphatic rings. The van der Waals surface area contributed by atoms with Crippen molar-refractivity contribution in [3.05, 3.63) is 72.2 Å². The molecule has 0 amide bonds. The van der Waals surface area contributed by atoms with Gasteiger partial charge in [0.15, 0.2) is 0 Å². The quantitative estimate of drug-likeness (QED) is 0.611. The van der Waals surface area contributed by atoms with Crippen LogP contribution < -0.4 is 10.5 Å². The summed E-state index contributed by atoms with van der Waals surface area (Å²) in [6.07, 6.45) is 3.05. The van der Waals surface area contributed by atoms with Crippen LogP contribution in [0.3, 0.4) is 0 Å². The van der Waals surface area contributed by atoms with E-state index in [1.807, 2.05) is 0 Å². The van der Waals surface area contributed by atoms with Crippen LogP contribution in [0, 0.1) is 0 Å². The van der Waals surface area contributed by atoms with Gasteiger partial charge in [-0.2, -0.15) is 0 Å². The molecule has 134 valence electrons. The minimum Gasteiger partial charge on any atom is -0.478 e. The van der Waals surface area contributed by atoms with Gasteiger partial charge in [0.05, 0.1) is 23.0 Å². The molecular weight excluding hydrogens is 356 g/mol. The van der Waals surface area contributed by atoms with E-state index in [9.17, 15) is 18.3 Å². The zero-order chi connectivity index (χ0) is 18.7. The maximum Gasteiger partial charge on any atom is 0.335 e. The number of furan rings is 1. The van der Waals surface area contributed by atoms with Crippen molar-refractivity contribution in [2.24, 2.45) is 5.14 Å². The van der Waals surface area contributed by atoms with Crippen molar-refractivity contribution in [3.63, 3.8) is 0 Å². The standard InChI is InChI=1S/C18H16N2O5S/c19-26(23,24)16-9-14(18(21)22)8-15(20-10-12-6-7-25-11-12)17(16)13-4-2-1-3-5-13/h1-9,11,20H,10H2,(H,21,22)(H2,19,23,24). The zero-order valence-electron chi connectivity index (χ0n) is 13.5. The van der Waals surface area contributed by atoms with Gasteiger partial charge in [-0.15, -0.1) is 0 Å². The molecule has 0 saturated carbocycles. The molecule has 0 fully saturated rings. The number of rotatable bonds is 6. The molecule has 1 aromatic heterocycles. The fourth-order valence-corrected chi connectivity index (χ4v) is 3.40. The second kappa shape index (κ2) is 7.03. The number of nitrogens with one attached hydrogen (secondary N) is 1. The maximum atomic E-state index is 12.1. The number of carbonyl (C=O) groups is 1. The first kappa shape index (κ1) is 17.7. The first-order valence-corrected chi connectivity index (χ1v) is 9.15. The highest BCUT2D eigenvalue weighted by atomic mass is 32.2. The second-order valence-electron chi connectivity index (χ2n) is 5.60. The van der Waals surface area contributed by atoms with Crippen LogP contribution in [0.2, 0.25) is 0 Å². The van der Waals surface area contributed by atoms with Gasteiger partial charge in [0.25, 0.3) is 0 Å². The number of primary sulfonamides is 1. The molecule has 0 unspecified atom stereocenters. The van der Waals surface area contributed by atoms with Gasteiger partial charge in [-0.1, -0.05) is 30.3 Å². The smallest absolute Gasteiger partial charge is 0.335 e. The Morgan fingerprint density at radius 1 is 1.15 bits per heavy atom. The molecule has 26 heavy (non-hydrogen) atoms. The van der Waals surface area contributed by atoms with Crippen molar-refractivity contribution in [3.8, 4) is 11.1 Å². The monoisotopic (exact) mass is 372 g/mol. The Kier molecular flexibility index (Phi) is 4.79. The van der Waals surface area contributed by atoms with Crippen molar-refractivity contribution in [1.82, 2.24) is 0 Å². The SMILES string of the molecule is NS(=O)(=O)c1cc(C(=O)O)cc(NCc2ccoc2)c1-c1ccccc1. The van der Waals surface area contributed by atoms with E-state index in [4.69, 9.17) is 9.56 Å². The van der Waals surface area contributed by atoms with Crippen LogP contribution in [0.4, 0.5) is 5.69 Å². The molecular formula is C18H16N2O5S. The van der Waals surface area contributed by atoms with E-state index in [1.165, 1.54) is 18.6 Å². The summed E-state index contributed by atoms with van der Waals surface area (Å²) in [4.78, 5) is 11.2. The molecule has 0 spiro atoms. The first-order chi connectivity index (χ1) is 12.4. The molecule has 0 radical (unpaired) electrons. The van der Waals surface area contributed by atoms with Crippen LogP contribution in [0.1, 0.15) is 15.9 Å². The second-order valence-corrected chi connectivity index (χ2v) is 7.13. The Hall–Kier alpha value is -3.10. The van der Waals surface area contributed by atoms with E-state index in [1.54, 1.807) is 36.4 Å². The summed E-state index contributed by atoms with van der Waals surface area (Å²) in [6.45, 7) is 0.323. The topological polar surface area (TPSA) is 123 Å². The van der Waals surface area contributed by atoms with Crippen molar-refractivity contribution in [2.45, 2.75) is 11.4 Å². The Morgan fingerprint density at radius 2 is 1.88 bits per heavy atom. The van der Waals surface area contributed by atoms with Crippen molar-refractivity contribution in [1.29, 1.82) is 0 Å². The maximum absolute atomic E-state index is 12.1. The number of hydrogen-bond acceptors (Lipinski definition) is 5. The van der Waals surface area contributed by atoms with E-state index in [-0.39, 0.29) is 10.5 Å². The molecule has 0 atom stereocenters. The van der Waals surface area contributed by atoms with Gasteiger partial charge in [0, 0.05) is 23.4 Å². The zero-order valence-corrected chi connectivity index (χ0v) is 14.4. The Morgan fingerprint density at radius 3 is 2.46 bits per heavy atom. The fraction of sp³-hybridized carbons (Fsp3) is 0.0556. The van der Waals surface area contributed by atoms with E-state index in [0.717, 1.165) is 11.6 Å². The van der Waals surface area contributed by atoms with E-state index < -0.39 is 16.0 Å². The predicted octanol–water partition coefficient (Wildman–Crippen LogP) is 2.90. The molecule has 0 saturated heterocycles. The molecule has 3 rings (SSSR count). The van der Waals surface area contributed by atoms with E-state index >= 15 is 0 Å². The van der Waals surface area contributed by atoms with Gasteiger partial charge in [0.2, 0.25) is 10.0 Å². The number of carboxylic acid groups (broad SMARTS) is 1. The number of sulfonamides is 1. The summed E-state index contributed by atoms with van der Waals surface area (Å²) < 4.78 is 29.3. The van der Waals surface area contributed by atoms with Gasteiger partial charge in [-0.05, 0) is 23.8 Å². The number of benzene rings is 2. The molecule has 7 nitrogen and oxygen atoms in total. The largest absolute Gasteiger partial charge is 0.478 e. The lowest BCUT2D eigenvalue weighted by Crippen LogP contribution is -2.16. The third-order valence-electron chi connectivity index (χ3n) is 3.78. The Bertz CT molecular complexity index is 1030. The number of hydrogen-bond donors (Lipinski definition) is 3. The van der Waals surface area contributed by atoms with Crippen LogP contribution in [0.15, 0.2) is 70.4 Å². The summed E-state index contributed by atoms with van der Waals surface area (Å²) >= 11 is 0. The summed E-state index contributed by atoms with van der Waals surface area (Å²) in [5, 5.41) is 17.8. The van der Waals surface area contributed by atoms with Gasteiger partial charge in [0.1, 0.15) is 0 Å². The van der Waals surface area contributed by atoms with Crippen molar-refractivity contribution < 1.29 is 22.7 Å². The van der Waals surface area contributed by atoms with Crippen LogP contribution >= 0.6 is 0 Å². The number of aromatic carboxylic acids is 1. The van der Waals surface area contributed by atoms with Crippen LogP contribution in [-0.2, 0) is 16.6 Å². The average molecular weight is 372 g/mol. The first-order valence-electron chi connectivity index (χ1n) is 7.61. The lowest BCUT2D eigenvalue weighted by Gasteiger charge is -2.17. The van der Waals surface area contributed by atoms with Gasteiger partial charge in [-0.25, -0.2) is 18.4 Å². The third kappa shape index (κ3) is 3.76. The summed E-state index contributed by atoms with van der Waals surface area (Å²) in [5.41, 5.74) is 1.91.